The first-order valence-electron chi connectivity index (χ1n) is 6.58. The minimum absolute atomic E-state index is 0.528. The molecule has 0 aliphatic carbocycles. The van der Waals surface area contributed by atoms with Crippen molar-refractivity contribution in [1.29, 1.82) is 0 Å². The first-order chi connectivity index (χ1) is 9.74. The van der Waals surface area contributed by atoms with E-state index in [9.17, 15) is 0 Å². The van der Waals surface area contributed by atoms with Crippen LogP contribution in [0.2, 0.25) is 0 Å². The molecule has 0 unspecified atom stereocenters. The molecule has 5 heteroatoms. The first-order valence-corrected chi connectivity index (χ1v) is 7.46. The number of hydrogen-bond acceptors (Lipinski definition) is 4. The van der Waals surface area contributed by atoms with Gasteiger partial charge in [0.15, 0.2) is 0 Å². The highest BCUT2D eigenvalue weighted by molar-refractivity contribution is 7.10. The van der Waals surface area contributed by atoms with Gasteiger partial charge in [-0.05, 0) is 35.6 Å². The summed E-state index contributed by atoms with van der Waals surface area (Å²) in [5, 5.41) is 2.13. The molecule has 3 rings (SSSR count). The largest absolute Gasteiger partial charge is 0.494 e. The Hall–Kier alpha value is -2.01. The maximum atomic E-state index is 6.09. The van der Waals surface area contributed by atoms with Crippen LogP contribution in [0.25, 0.3) is 11.0 Å². The second-order valence-corrected chi connectivity index (χ2v) is 5.61. The Morgan fingerprint density at radius 3 is 2.95 bits per heavy atom. The standard InChI is InChI=1S/C15H17N3OS/c1-3-10-7-8-20-13(10)9-18-11-5-4-6-12(19-2)14(11)17-15(18)16/h4-8H,3,9H2,1-2H3,(H2,16,17). The third kappa shape index (κ3) is 2.04. The minimum Gasteiger partial charge on any atom is -0.494 e. The summed E-state index contributed by atoms with van der Waals surface area (Å²) < 4.78 is 7.39. The second-order valence-electron chi connectivity index (χ2n) is 4.61. The third-order valence-electron chi connectivity index (χ3n) is 3.51. The fraction of sp³-hybridized carbons (Fsp3) is 0.267. The molecule has 0 saturated heterocycles. The van der Waals surface area contributed by atoms with Crippen molar-refractivity contribution in [2.75, 3.05) is 12.8 Å². The molecule has 2 heterocycles. The Balaban J connectivity index is 2.10. The van der Waals surface area contributed by atoms with Crippen molar-refractivity contribution in [3.63, 3.8) is 0 Å². The average molecular weight is 287 g/mol. The molecule has 0 amide bonds. The fourth-order valence-electron chi connectivity index (χ4n) is 2.43. The monoisotopic (exact) mass is 287 g/mol. The van der Waals surface area contributed by atoms with Crippen LogP contribution in [0.3, 0.4) is 0 Å². The van der Waals surface area contributed by atoms with Crippen LogP contribution in [-0.4, -0.2) is 16.7 Å². The van der Waals surface area contributed by atoms with Gasteiger partial charge in [-0.15, -0.1) is 11.3 Å². The van der Waals surface area contributed by atoms with Gasteiger partial charge in [0, 0.05) is 4.88 Å². The van der Waals surface area contributed by atoms with E-state index in [1.165, 1.54) is 10.4 Å². The summed E-state index contributed by atoms with van der Waals surface area (Å²) in [6, 6.07) is 8.08. The van der Waals surface area contributed by atoms with Gasteiger partial charge < -0.3 is 15.0 Å². The molecule has 104 valence electrons. The van der Waals surface area contributed by atoms with Crippen LogP contribution < -0.4 is 10.5 Å². The van der Waals surface area contributed by atoms with Gasteiger partial charge in [-0.3, -0.25) is 0 Å². The first kappa shape index (κ1) is 13.0. The summed E-state index contributed by atoms with van der Waals surface area (Å²) in [6.07, 6.45) is 1.04. The quantitative estimate of drug-likeness (QED) is 0.801. The Bertz CT molecular complexity index is 745. The number of fused-ring (bicyclic) bond motifs is 1. The van der Waals surface area contributed by atoms with Crippen molar-refractivity contribution in [3.05, 3.63) is 40.1 Å². The van der Waals surface area contributed by atoms with Gasteiger partial charge in [-0.1, -0.05) is 13.0 Å². The number of aryl methyl sites for hydroxylation is 1. The van der Waals surface area contributed by atoms with Gasteiger partial charge in [0.25, 0.3) is 0 Å². The van der Waals surface area contributed by atoms with Gasteiger partial charge in [0.2, 0.25) is 5.95 Å². The third-order valence-corrected chi connectivity index (χ3v) is 4.46. The van der Waals surface area contributed by atoms with Crippen LogP contribution in [0.4, 0.5) is 5.95 Å². The highest BCUT2D eigenvalue weighted by Gasteiger charge is 2.13. The van der Waals surface area contributed by atoms with Crippen LogP contribution in [-0.2, 0) is 13.0 Å². The van der Waals surface area contributed by atoms with Crippen LogP contribution in [0.5, 0.6) is 5.75 Å². The van der Waals surface area contributed by atoms with E-state index in [1.807, 2.05) is 22.8 Å². The number of thiophene rings is 1. The average Bonchev–Trinajstić information content (AvgIpc) is 3.04. The predicted molar refractivity (Wildman–Crippen MR) is 83.5 cm³/mol. The molecule has 0 fully saturated rings. The van der Waals surface area contributed by atoms with E-state index in [4.69, 9.17) is 10.5 Å². The molecular weight excluding hydrogens is 270 g/mol. The molecule has 3 aromatic rings. The number of anilines is 1. The molecule has 20 heavy (non-hydrogen) atoms. The maximum Gasteiger partial charge on any atom is 0.201 e. The van der Waals surface area contributed by atoms with E-state index in [1.54, 1.807) is 18.4 Å². The highest BCUT2D eigenvalue weighted by Crippen LogP contribution is 2.29. The van der Waals surface area contributed by atoms with Crippen molar-refractivity contribution in [2.24, 2.45) is 0 Å². The lowest BCUT2D eigenvalue weighted by Crippen LogP contribution is -2.04. The lowest BCUT2D eigenvalue weighted by atomic mass is 10.2. The van der Waals surface area contributed by atoms with Crippen LogP contribution in [0.15, 0.2) is 29.6 Å². The van der Waals surface area contributed by atoms with E-state index in [2.05, 4.69) is 23.4 Å². The number of hydrogen-bond donors (Lipinski definition) is 1. The van der Waals surface area contributed by atoms with Gasteiger partial charge in [-0.25, -0.2) is 4.98 Å². The normalized spacial score (nSPS) is 11.1. The van der Waals surface area contributed by atoms with Crippen molar-refractivity contribution in [2.45, 2.75) is 19.9 Å². The minimum atomic E-state index is 0.528. The van der Waals surface area contributed by atoms with Crippen molar-refractivity contribution in [1.82, 2.24) is 9.55 Å². The smallest absolute Gasteiger partial charge is 0.201 e. The maximum absolute atomic E-state index is 6.09. The summed E-state index contributed by atoms with van der Waals surface area (Å²) in [5.74, 6) is 1.29. The van der Waals surface area contributed by atoms with E-state index in [-0.39, 0.29) is 0 Å². The molecule has 2 N–H and O–H groups in total. The second kappa shape index (κ2) is 5.17. The number of rotatable bonds is 4. The van der Waals surface area contributed by atoms with Gasteiger partial charge in [0.1, 0.15) is 11.3 Å². The SMILES string of the molecule is CCc1ccsc1Cn1c(N)nc2c(OC)cccc21. The molecule has 0 spiro atoms. The fourth-order valence-corrected chi connectivity index (χ4v) is 3.40. The number of aromatic nitrogens is 2. The van der Waals surface area contributed by atoms with Crippen LogP contribution >= 0.6 is 11.3 Å². The van der Waals surface area contributed by atoms with E-state index in [0.29, 0.717) is 5.95 Å². The topological polar surface area (TPSA) is 53.1 Å². The molecule has 2 aromatic heterocycles. The number of nitrogens with two attached hydrogens (primary N) is 1. The molecule has 1 aromatic carbocycles. The molecule has 0 radical (unpaired) electrons. The number of methoxy groups -OCH3 is 1. The summed E-state index contributed by atoms with van der Waals surface area (Å²) in [5.41, 5.74) is 9.29. The van der Waals surface area contributed by atoms with Gasteiger partial charge >= 0.3 is 0 Å². The zero-order valence-corrected chi connectivity index (χ0v) is 12.4. The number of ether oxygens (including phenoxy) is 1. The van der Waals surface area contributed by atoms with Crippen LogP contribution in [0, 0.1) is 0 Å². The van der Waals surface area contributed by atoms with Gasteiger partial charge in [-0.2, -0.15) is 0 Å². The zero-order valence-electron chi connectivity index (χ0n) is 11.6. The van der Waals surface area contributed by atoms with Crippen molar-refractivity contribution in [3.8, 4) is 5.75 Å². The Morgan fingerprint density at radius 2 is 2.20 bits per heavy atom. The molecule has 0 atom stereocenters. The summed E-state index contributed by atoms with van der Waals surface area (Å²) in [7, 11) is 1.65. The Kier molecular flexibility index (Phi) is 3.36. The summed E-state index contributed by atoms with van der Waals surface area (Å²) in [4.78, 5) is 5.77. The highest BCUT2D eigenvalue weighted by atomic mass is 32.1. The lowest BCUT2D eigenvalue weighted by molar-refractivity contribution is 0.419. The Labute approximate surface area is 121 Å². The van der Waals surface area contributed by atoms with Crippen molar-refractivity contribution < 1.29 is 4.74 Å². The number of benzene rings is 1. The molecule has 0 aliphatic heterocycles. The van der Waals surface area contributed by atoms with E-state index < -0.39 is 0 Å². The number of nitrogen functional groups attached to an aromatic ring is 1. The number of nitrogens with zero attached hydrogens (tertiary/aromatic N) is 2. The van der Waals surface area contributed by atoms with Crippen LogP contribution in [0.1, 0.15) is 17.4 Å². The molecule has 0 saturated carbocycles. The number of para-hydroxylation sites is 1. The zero-order chi connectivity index (χ0) is 14.1. The van der Waals surface area contributed by atoms with Crippen molar-refractivity contribution >= 4 is 28.3 Å². The van der Waals surface area contributed by atoms with E-state index in [0.717, 1.165) is 29.7 Å². The summed E-state index contributed by atoms with van der Waals surface area (Å²) in [6.45, 7) is 2.93. The number of imidazole rings is 1. The van der Waals surface area contributed by atoms with E-state index >= 15 is 0 Å². The molecule has 0 bridgehead atoms. The molecule has 4 nitrogen and oxygen atoms in total. The lowest BCUT2D eigenvalue weighted by Gasteiger charge is -2.07. The predicted octanol–water partition coefficient (Wildman–Crippen LogP) is 3.30. The molecular formula is C15H17N3OS. The van der Waals surface area contributed by atoms with Gasteiger partial charge in [0.05, 0.1) is 19.2 Å². The molecule has 0 aliphatic rings. The summed E-state index contributed by atoms with van der Waals surface area (Å²) >= 11 is 1.76. The Morgan fingerprint density at radius 1 is 1.35 bits per heavy atom.